The van der Waals surface area contributed by atoms with Crippen LogP contribution in [0.5, 0.6) is 11.6 Å². The molecule has 3 N–H and O–H groups in total. The van der Waals surface area contributed by atoms with Crippen LogP contribution in [0.1, 0.15) is 23.9 Å². The molecule has 6 heteroatoms. The first-order valence-corrected chi connectivity index (χ1v) is 6.08. The average Bonchev–Trinajstić information content (AvgIpc) is 2.42. The molecule has 0 aliphatic heterocycles. The molecule has 0 aromatic carbocycles. The zero-order chi connectivity index (χ0) is 13.8. The number of anilines is 1. The molecule has 0 bridgehead atoms. The van der Waals surface area contributed by atoms with E-state index in [0.29, 0.717) is 17.4 Å². The second-order valence-electron chi connectivity index (χ2n) is 4.15. The van der Waals surface area contributed by atoms with Crippen molar-refractivity contribution in [3.05, 3.63) is 35.4 Å². The van der Waals surface area contributed by atoms with Crippen molar-refractivity contribution in [2.45, 2.75) is 27.2 Å². The lowest BCUT2D eigenvalue weighted by Gasteiger charge is -2.12. The van der Waals surface area contributed by atoms with Crippen LogP contribution < -0.4 is 16.0 Å². The van der Waals surface area contributed by atoms with E-state index in [-0.39, 0.29) is 0 Å². The Kier molecular flexibility index (Phi) is 3.91. The van der Waals surface area contributed by atoms with Gasteiger partial charge in [0.1, 0.15) is 12.1 Å². The van der Waals surface area contributed by atoms with Crippen LogP contribution in [0.4, 0.5) is 5.82 Å². The Bertz CT molecular complexity index is 585. The third-order valence-electron chi connectivity index (χ3n) is 2.79. The van der Waals surface area contributed by atoms with Gasteiger partial charge in [0, 0.05) is 5.69 Å². The fourth-order valence-corrected chi connectivity index (χ4v) is 1.73. The van der Waals surface area contributed by atoms with Crippen LogP contribution in [0.25, 0.3) is 0 Å². The molecule has 0 saturated carbocycles. The van der Waals surface area contributed by atoms with Crippen LogP contribution in [0.3, 0.4) is 0 Å². The summed E-state index contributed by atoms with van der Waals surface area (Å²) in [5, 5.41) is 0. The monoisotopic (exact) mass is 259 g/mol. The summed E-state index contributed by atoms with van der Waals surface area (Å²) < 4.78 is 5.82. The van der Waals surface area contributed by atoms with E-state index in [1.54, 1.807) is 0 Å². The van der Waals surface area contributed by atoms with Gasteiger partial charge in [-0.25, -0.2) is 15.8 Å². The van der Waals surface area contributed by atoms with Gasteiger partial charge in [0.2, 0.25) is 5.88 Å². The van der Waals surface area contributed by atoms with Crippen LogP contribution in [0.2, 0.25) is 0 Å². The molecule has 2 heterocycles. The summed E-state index contributed by atoms with van der Waals surface area (Å²) in [5.74, 6) is 7.11. The van der Waals surface area contributed by atoms with Crippen LogP contribution >= 0.6 is 0 Å². The van der Waals surface area contributed by atoms with E-state index < -0.39 is 0 Å². The summed E-state index contributed by atoms with van der Waals surface area (Å²) in [6.07, 6.45) is 2.20. The maximum atomic E-state index is 5.82. The van der Waals surface area contributed by atoms with Crippen molar-refractivity contribution >= 4 is 5.82 Å². The number of aryl methyl sites for hydroxylation is 2. The first-order chi connectivity index (χ1) is 9.15. The summed E-state index contributed by atoms with van der Waals surface area (Å²) >= 11 is 0. The van der Waals surface area contributed by atoms with E-state index in [1.807, 2.05) is 32.9 Å². The highest BCUT2D eigenvalue weighted by molar-refractivity contribution is 5.48. The maximum Gasteiger partial charge on any atom is 0.227 e. The molecule has 19 heavy (non-hydrogen) atoms. The molecule has 0 aliphatic carbocycles. The summed E-state index contributed by atoms with van der Waals surface area (Å²) in [7, 11) is 0. The third kappa shape index (κ3) is 2.79. The maximum absolute atomic E-state index is 5.82. The molecule has 0 aliphatic rings. The lowest BCUT2D eigenvalue weighted by Crippen LogP contribution is -2.11. The fourth-order valence-electron chi connectivity index (χ4n) is 1.73. The van der Waals surface area contributed by atoms with E-state index in [2.05, 4.69) is 20.4 Å². The normalized spacial score (nSPS) is 10.3. The predicted octanol–water partition coefficient (Wildman–Crippen LogP) is 2.13. The van der Waals surface area contributed by atoms with Crippen molar-refractivity contribution < 1.29 is 4.74 Å². The fraction of sp³-hybridized carbons (Fsp3) is 0.308. The molecule has 2 aromatic heterocycles. The second kappa shape index (κ2) is 5.62. The predicted molar refractivity (Wildman–Crippen MR) is 73.0 cm³/mol. The number of hydrazine groups is 1. The molecule has 0 spiro atoms. The van der Waals surface area contributed by atoms with Gasteiger partial charge in [-0.1, -0.05) is 6.92 Å². The number of nitrogen functional groups attached to an aromatic ring is 1. The molecular weight excluding hydrogens is 242 g/mol. The van der Waals surface area contributed by atoms with Gasteiger partial charge in [-0.3, -0.25) is 4.98 Å². The van der Waals surface area contributed by atoms with Crippen molar-refractivity contribution in [2.24, 2.45) is 5.84 Å². The average molecular weight is 259 g/mol. The van der Waals surface area contributed by atoms with E-state index in [0.717, 1.165) is 23.4 Å². The van der Waals surface area contributed by atoms with E-state index >= 15 is 0 Å². The van der Waals surface area contributed by atoms with Crippen molar-refractivity contribution in [2.75, 3.05) is 5.43 Å². The van der Waals surface area contributed by atoms with Crippen LogP contribution in [0.15, 0.2) is 18.5 Å². The lowest BCUT2D eigenvalue weighted by atomic mass is 10.2. The number of pyridine rings is 1. The smallest absolute Gasteiger partial charge is 0.227 e. The van der Waals surface area contributed by atoms with Crippen LogP contribution in [-0.2, 0) is 6.42 Å². The number of hydrogen-bond acceptors (Lipinski definition) is 6. The molecule has 0 radical (unpaired) electrons. The van der Waals surface area contributed by atoms with Gasteiger partial charge in [0.15, 0.2) is 5.75 Å². The number of nitrogens with one attached hydrogen (secondary N) is 1. The Morgan fingerprint density at radius 3 is 2.74 bits per heavy atom. The lowest BCUT2D eigenvalue weighted by molar-refractivity contribution is 0.449. The van der Waals surface area contributed by atoms with E-state index in [1.165, 1.54) is 6.33 Å². The summed E-state index contributed by atoms with van der Waals surface area (Å²) in [6.45, 7) is 5.83. The van der Waals surface area contributed by atoms with Gasteiger partial charge < -0.3 is 10.2 Å². The van der Waals surface area contributed by atoms with Gasteiger partial charge in [0.25, 0.3) is 0 Å². The standard InChI is InChI=1S/C13H17N5O/c1-4-10-11(6-5-8(2)17-10)19-13-9(3)12(18-14)15-7-16-13/h5-7H,4,14H2,1-3H3,(H,15,16,18). The molecule has 0 fully saturated rings. The Morgan fingerprint density at radius 2 is 2.05 bits per heavy atom. The van der Waals surface area contributed by atoms with Crippen LogP contribution in [-0.4, -0.2) is 15.0 Å². The largest absolute Gasteiger partial charge is 0.437 e. The van der Waals surface area contributed by atoms with Gasteiger partial charge in [0.05, 0.1) is 11.3 Å². The summed E-state index contributed by atoms with van der Waals surface area (Å²) in [5.41, 5.74) is 5.14. The quantitative estimate of drug-likeness (QED) is 0.646. The zero-order valence-corrected chi connectivity index (χ0v) is 11.3. The molecular formula is C13H17N5O. The van der Waals surface area contributed by atoms with Crippen molar-refractivity contribution in [1.82, 2.24) is 15.0 Å². The minimum absolute atomic E-state index is 0.475. The minimum Gasteiger partial charge on any atom is -0.437 e. The molecule has 2 aromatic rings. The number of rotatable bonds is 4. The van der Waals surface area contributed by atoms with Gasteiger partial charge in [-0.15, -0.1) is 0 Å². The number of nitrogens with zero attached hydrogens (tertiary/aromatic N) is 3. The van der Waals surface area contributed by atoms with Gasteiger partial charge in [-0.2, -0.15) is 0 Å². The summed E-state index contributed by atoms with van der Waals surface area (Å²) in [6, 6.07) is 3.81. The van der Waals surface area contributed by atoms with Gasteiger partial charge >= 0.3 is 0 Å². The molecule has 0 atom stereocenters. The Hall–Kier alpha value is -2.21. The molecule has 100 valence electrons. The molecule has 0 saturated heterocycles. The van der Waals surface area contributed by atoms with Crippen LogP contribution in [0, 0.1) is 13.8 Å². The SMILES string of the molecule is CCc1nc(C)ccc1Oc1ncnc(NN)c1C. The van der Waals surface area contributed by atoms with Crippen molar-refractivity contribution in [1.29, 1.82) is 0 Å². The minimum atomic E-state index is 0.475. The highest BCUT2D eigenvalue weighted by Gasteiger charge is 2.11. The molecule has 0 unspecified atom stereocenters. The van der Waals surface area contributed by atoms with E-state index in [9.17, 15) is 0 Å². The zero-order valence-electron chi connectivity index (χ0n) is 11.3. The number of ether oxygens (including phenoxy) is 1. The first kappa shape index (κ1) is 13.2. The third-order valence-corrected chi connectivity index (χ3v) is 2.79. The van der Waals surface area contributed by atoms with E-state index in [4.69, 9.17) is 10.6 Å². The van der Waals surface area contributed by atoms with Crippen molar-refractivity contribution in [3.8, 4) is 11.6 Å². The first-order valence-electron chi connectivity index (χ1n) is 6.08. The highest BCUT2D eigenvalue weighted by atomic mass is 16.5. The molecule has 6 nitrogen and oxygen atoms in total. The second-order valence-corrected chi connectivity index (χ2v) is 4.15. The number of hydrogen-bond donors (Lipinski definition) is 2. The number of nitrogens with two attached hydrogens (primary N) is 1. The highest BCUT2D eigenvalue weighted by Crippen LogP contribution is 2.27. The molecule has 0 amide bonds. The molecule has 2 rings (SSSR count). The summed E-state index contributed by atoms with van der Waals surface area (Å²) in [4.78, 5) is 12.6. The Morgan fingerprint density at radius 1 is 1.26 bits per heavy atom. The topological polar surface area (TPSA) is 86.0 Å². The van der Waals surface area contributed by atoms with Gasteiger partial charge in [-0.05, 0) is 32.4 Å². The Labute approximate surface area is 112 Å². The number of aromatic nitrogens is 3. The Balaban J connectivity index is 2.36. The van der Waals surface area contributed by atoms with Crippen molar-refractivity contribution in [3.63, 3.8) is 0 Å².